The van der Waals surface area contributed by atoms with E-state index in [1.807, 2.05) is 0 Å². The average Bonchev–Trinajstić information content (AvgIpc) is 2.07. The largest absolute Gasteiger partial charge is 0.477 e. The van der Waals surface area contributed by atoms with Gasteiger partial charge in [-0.05, 0) is 12.1 Å². The maximum Gasteiger partial charge on any atom is 0.352 e. The van der Waals surface area contributed by atoms with Crippen LogP contribution in [0.2, 0.25) is 0 Å². The van der Waals surface area contributed by atoms with E-state index >= 15 is 0 Å². The predicted octanol–water partition coefficient (Wildman–Crippen LogP) is 0.0315. The van der Waals surface area contributed by atoms with Crippen LogP contribution in [0.25, 0.3) is 0 Å². The number of carbonyl (C=O) groups excluding carboxylic acids is 1. The molecule has 0 spiro atoms. The van der Waals surface area contributed by atoms with Crippen molar-refractivity contribution in [2.75, 3.05) is 5.32 Å². The smallest absolute Gasteiger partial charge is 0.352 e. The summed E-state index contributed by atoms with van der Waals surface area (Å²) < 4.78 is 0. The Bertz CT molecular complexity index is 435. The number of pyridine rings is 1. The predicted molar refractivity (Wildman–Crippen MR) is 48.3 cm³/mol. The number of H-pyrrole nitrogens is 1. The number of carbonyl (C=O) groups is 2. The fraction of sp³-hybridized carbons (Fsp3) is 0.125. The van der Waals surface area contributed by atoms with E-state index in [4.69, 9.17) is 5.11 Å². The highest BCUT2D eigenvalue weighted by Crippen LogP contribution is 1.99. The molecule has 0 fully saturated rings. The number of aromatic carboxylic acids is 1. The summed E-state index contributed by atoms with van der Waals surface area (Å²) in [5.41, 5.74) is -0.827. The molecule has 0 atom stereocenters. The van der Waals surface area contributed by atoms with Gasteiger partial charge in [0.1, 0.15) is 11.4 Å². The highest BCUT2D eigenvalue weighted by Gasteiger charge is 2.06. The summed E-state index contributed by atoms with van der Waals surface area (Å²) in [4.78, 5) is 34.3. The molecule has 6 nitrogen and oxygen atoms in total. The Morgan fingerprint density at radius 1 is 1.43 bits per heavy atom. The van der Waals surface area contributed by atoms with Crippen molar-refractivity contribution in [3.05, 3.63) is 28.2 Å². The van der Waals surface area contributed by atoms with Crippen molar-refractivity contribution in [3.8, 4) is 0 Å². The highest BCUT2D eigenvalue weighted by atomic mass is 16.4. The van der Waals surface area contributed by atoms with Crippen molar-refractivity contribution in [1.82, 2.24) is 4.98 Å². The second kappa shape index (κ2) is 3.73. The van der Waals surface area contributed by atoms with Crippen LogP contribution >= 0.6 is 0 Å². The van der Waals surface area contributed by atoms with Crippen LogP contribution in [-0.2, 0) is 4.79 Å². The molecule has 0 bridgehead atoms. The van der Waals surface area contributed by atoms with E-state index in [1.54, 1.807) is 0 Å². The molecule has 0 aliphatic rings. The molecule has 0 saturated heterocycles. The van der Waals surface area contributed by atoms with Crippen molar-refractivity contribution in [2.45, 2.75) is 6.92 Å². The molecular formula is C8H8N2O4. The van der Waals surface area contributed by atoms with Gasteiger partial charge < -0.3 is 15.4 Å². The molecule has 0 aromatic carbocycles. The number of hydrogen-bond acceptors (Lipinski definition) is 3. The second-order valence-electron chi connectivity index (χ2n) is 2.60. The van der Waals surface area contributed by atoms with Crippen LogP contribution < -0.4 is 10.9 Å². The molecule has 1 aromatic rings. The van der Waals surface area contributed by atoms with Gasteiger partial charge in [-0.3, -0.25) is 9.59 Å². The highest BCUT2D eigenvalue weighted by molar-refractivity contribution is 5.89. The molecule has 0 aliphatic carbocycles. The van der Waals surface area contributed by atoms with Gasteiger partial charge in [-0.15, -0.1) is 0 Å². The zero-order chi connectivity index (χ0) is 10.7. The maximum absolute atomic E-state index is 11.1. The quantitative estimate of drug-likeness (QED) is 0.621. The fourth-order valence-corrected chi connectivity index (χ4v) is 0.887. The molecule has 1 heterocycles. The normalized spacial score (nSPS) is 9.50. The number of hydrogen-bond donors (Lipinski definition) is 3. The summed E-state index contributed by atoms with van der Waals surface area (Å²) in [5.74, 6) is -1.62. The summed E-state index contributed by atoms with van der Waals surface area (Å²) in [5, 5.41) is 10.8. The van der Waals surface area contributed by atoms with Gasteiger partial charge in [-0.2, -0.15) is 0 Å². The molecule has 0 aliphatic heterocycles. The second-order valence-corrected chi connectivity index (χ2v) is 2.60. The van der Waals surface area contributed by atoms with E-state index in [1.165, 1.54) is 19.1 Å². The maximum atomic E-state index is 11.1. The minimum atomic E-state index is -1.23. The third-order valence-electron chi connectivity index (χ3n) is 1.45. The van der Waals surface area contributed by atoms with Crippen LogP contribution in [0.15, 0.2) is 16.9 Å². The number of rotatable bonds is 2. The minimum absolute atomic E-state index is 0.0301. The van der Waals surface area contributed by atoms with Crippen LogP contribution in [0.5, 0.6) is 0 Å². The first-order valence-corrected chi connectivity index (χ1v) is 3.75. The van der Waals surface area contributed by atoms with Crippen molar-refractivity contribution in [3.63, 3.8) is 0 Å². The van der Waals surface area contributed by atoms with Gasteiger partial charge in [0.05, 0.1) is 0 Å². The van der Waals surface area contributed by atoms with E-state index in [2.05, 4.69) is 10.3 Å². The van der Waals surface area contributed by atoms with Crippen LogP contribution in [0.3, 0.4) is 0 Å². The number of nitrogens with one attached hydrogen (secondary N) is 2. The lowest BCUT2D eigenvalue weighted by Crippen LogP contribution is -2.19. The van der Waals surface area contributed by atoms with Crippen molar-refractivity contribution in [1.29, 1.82) is 0 Å². The Hall–Kier alpha value is -2.11. The first-order valence-electron chi connectivity index (χ1n) is 3.75. The monoisotopic (exact) mass is 196 g/mol. The standard InChI is InChI=1S/C8H8N2O4/c1-4(11)9-5-2-3-6(8(13)14)10-7(5)12/h2-3H,1H3,(H,9,11)(H,10,12)(H,13,14). The number of carboxylic acids is 1. The lowest BCUT2D eigenvalue weighted by atomic mass is 10.3. The topological polar surface area (TPSA) is 99.3 Å². The van der Waals surface area contributed by atoms with E-state index in [9.17, 15) is 14.4 Å². The first-order chi connectivity index (χ1) is 6.50. The summed E-state index contributed by atoms with van der Waals surface area (Å²) >= 11 is 0. The zero-order valence-corrected chi connectivity index (χ0v) is 7.33. The molecule has 0 saturated carbocycles. The number of aromatic nitrogens is 1. The first kappa shape index (κ1) is 9.97. The van der Waals surface area contributed by atoms with Crippen LogP contribution in [0.4, 0.5) is 5.69 Å². The lowest BCUT2D eigenvalue weighted by molar-refractivity contribution is -0.114. The van der Waals surface area contributed by atoms with Gasteiger partial charge in [-0.1, -0.05) is 0 Å². The van der Waals surface area contributed by atoms with Gasteiger partial charge in [0.15, 0.2) is 0 Å². The van der Waals surface area contributed by atoms with Crippen LogP contribution in [0.1, 0.15) is 17.4 Å². The molecule has 6 heteroatoms. The molecular weight excluding hydrogens is 188 g/mol. The summed E-state index contributed by atoms with van der Waals surface area (Å²) in [6.45, 7) is 1.25. The molecule has 14 heavy (non-hydrogen) atoms. The number of anilines is 1. The third kappa shape index (κ3) is 2.19. The molecule has 3 N–H and O–H groups in total. The Labute approximate surface area is 78.6 Å². The lowest BCUT2D eigenvalue weighted by Gasteiger charge is -2.00. The van der Waals surface area contributed by atoms with Crippen molar-refractivity contribution < 1.29 is 14.7 Å². The summed E-state index contributed by atoms with van der Waals surface area (Å²) in [7, 11) is 0. The summed E-state index contributed by atoms with van der Waals surface area (Å²) in [6, 6.07) is 2.44. The SMILES string of the molecule is CC(=O)Nc1ccc(C(=O)O)[nH]c1=O. The van der Waals surface area contributed by atoms with Crippen LogP contribution in [0, 0.1) is 0 Å². The number of amides is 1. The van der Waals surface area contributed by atoms with Gasteiger partial charge >= 0.3 is 5.97 Å². The molecule has 1 aromatic heterocycles. The molecule has 0 radical (unpaired) electrons. The average molecular weight is 196 g/mol. The Balaban J connectivity index is 3.08. The van der Waals surface area contributed by atoms with Crippen LogP contribution in [-0.4, -0.2) is 22.0 Å². The van der Waals surface area contributed by atoms with Crippen molar-refractivity contribution in [2.24, 2.45) is 0 Å². The minimum Gasteiger partial charge on any atom is -0.477 e. The Morgan fingerprint density at radius 3 is 2.50 bits per heavy atom. The Kier molecular flexibility index (Phi) is 2.66. The van der Waals surface area contributed by atoms with E-state index in [-0.39, 0.29) is 11.4 Å². The van der Waals surface area contributed by atoms with Gasteiger partial charge in [-0.25, -0.2) is 4.79 Å². The molecule has 1 amide bonds. The molecule has 0 unspecified atom stereocenters. The zero-order valence-electron chi connectivity index (χ0n) is 7.33. The summed E-state index contributed by atoms with van der Waals surface area (Å²) in [6.07, 6.45) is 0. The molecule has 74 valence electrons. The van der Waals surface area contributed by atoms with Crippen molar-refractivity contribution >= 4 is 17.6 Å². The van der Waals surface area contributed by atoms with E-state index in [0.717, 1.165) is 0 Å². The van der Waals surface area contributed by atoms with Gasteiger partial charge in [0, 0.05) is 6.92 Å². The number of carboxylic acid groups (broad SMARTS) is 1. The van der Waals surface area contributed by atoms with Gasteiger partial charge in [0.25, 0.3) is 5.56 Å². The Morgan fingerprint density at radius 2 is 2.07 bits per heavy atom. The van der Waals surface area contributed by atoms with E-state index < -0.39 is 17.4 Å². The molecule has 1 rings (SSSR count). The third-order valence-corrected chi connectivity index (χ3v) is 1.45. The number of aromatic amines is 1. The van der Waals surface area contributed by atoms with E-state index in [0.29, 0.717) is 0 Å². The fourth-order valence-electron chi connectivity index (χ4n) is 0.887. The van der Waals surface area contributed by atoms with Gasteiger partial charge in [0.2, 0.25) is 5.91 Å².